The number of urea groups is 1. The number of hydrazine groups is 1. The van der Waals surface area contributed by atoms with Gasteiger partial charge < -0.3 is 10.1 Å². The van der Waals surface area contributed by atoms with Crippen molar-refractivity contribution in [2.45, 2.75) is 13.2 Å². The van der Waals surface area contributed by atoms with Crippen LogP contribution in [0.4, 0.5) is 4.79 Å². The number of esters is 1. The molecule has 0 spiro atoms. The molecule has 0 aromatic heterocycles. The molecule has 3 aromatic rings. The molecule has 0 heterocycles. The molecule has 3 rings (SSSR count). The first-order valence-electron chi connectivity index (χ1n) is 8.59. The van der Waals surface area contributed by atoms with Crippen LogP contribution in [-0.4, -0.2) is 23.6 Å². The molecule has 0 aliphatic rings. The van der Waals surface area contributed by atoms with Gasteiger partial charge in [0.2, 0.25) is 0 Å². The lowest BCUT2D eigenvalue weighted by atomic mass is 10.1. The summed E-state index contributed by atoms with van der Waals surface area (Å²) >= 11 is 0. The second-order valence-corrected chi connectivity index (χ2v) is 6.11. The molecule has 0 atom stereocenters. The smallest absolute Gasteiger partial charge is 0.332 e. The molecule has 0 radical (unpaired) electrons. The van der Waals surface area contributed by atoms with Crippen molar-refractivity contribution in [2.24, 2.45) is 5.84 Å². The van der Waals surface area contributed by atoms with Gasteiger partial charge in [0, 0.05) is 0 Å². The third-order valence-electron chi connectivity index (χ3n) is 4.05. The van der Waals surface area contributed by atoms with Crippen LogP contribution in [0.5, 0.6) is 0 Å². The van der Waals surface area contributed by atoms with Crippen LogP contribution in [-0.2, 0) is 22.7 Å². The number of benzene rings is 3. The van der Waals surface area contributed by atoms with E-state index >= 15 is 0 Å². The molecule has 0 aliphatic carbocycles. The molecular weight excluding hydrogens is 342 g/mol. The third kappa shape index (κ3) is 5.29. The van der Waals surface area contributed by atoms with E-state index in [2.05, 4.69) is 5.32 Å². The maximum Gasteiger partial charge on any atom is 0.332 e. The van der Waals surface area contributed by atoms with Crippen LogP contribution in [0.15, 0.2) is 72.8 Å². The van der Waals surface area contributed by atoms with E-state index in [9.17, 15) is 9.59 Å². The van der Waals surface area contributed by atoms with E-state index < -0.39 is 12.0 Å². The van der Waals surface area contributed by atoms with Gasteiger partial charge in [-0.05, 0) is 28.0 Å². The highest BCUT2D eigenvalue weighted by molar-refractivity contribution is 5.83. The largest absolute Gasteiger partial charge is 0.460 e. The topological polar surface area (TPSA) is 84.7 Å². The normalized spacial score (nSPS) is 10.4. The van der Waals surface area contributed by atoms with Crippen molar-refractivity contribution in [3.05, 3.63) is 83.9 Å². The predicted molar refractivity (Wildman–Crippen MR) is 103 cm³/mol. The number of amides is 2. The molecule has 0 bridgehead atoms. The van der Waals surface area contributed by atoms with Gasteiger partial charge in [-0.2, -0.15) is 0 Å². The number of nitrogens with one attached hydrogen (secondary N) is 1. The van der Waals surface area contributed by atoms with Crippen molar-refractivity contribution in [2.75, 3.05) is 6.54 Å². The first kappa shape index (κ1) is 18.4. The van der Waals surface area contributed by atoms with Crippen molar-refractivity contribution in [1.29, 1.82) is 0 Å². The molecule has 0 saturated carbocycles. The Morgan fingerprint density at radius 3 is 2.37 bits per heavy atom. The lowest BCUT2D eigenvalue weighted by molar-refractivity contribution is -0.143. The quantitative estimate of drug-likeness (QED) is 0.305. The highest BCUT2D eigenvalue weighted by Crippen LogP contribution is 2.16. The molecular formula is C21H21N3O3. The third-order valence-corrected chi connectivity index (χ3v) is 4.05. The van der Waals surface area contributed by atoms with Crippen LogP contribution in [0, 0.1) is 0 Å². The number of hydrogen-bond donors (Lipinski definition) is 2. The second-order valence-electron chi connectivity index (χ2n) is 6.11. The SMILES string of the molecule is NN(Cc1ccc2ccccc2c1)C(=O)NCC(=O)OCc1ccccc1. The minimum atomic E-state index is -0.542. The summed E-state index contributed by atoms with van der Waals surface area (Å²) in [4.78, 5) is 23.8. The van der Waals surface area contributed by atoms with Crippen molar-refractivity contribution < 1.29 is 14.3 Å². The molecule has 0 unspecified atom stereocenters. The highest BCUT2D eigenvalue weighted by Gasteiger charge is 2.12. The molecule has 138 valence electrons. The Morgan fingerprint density at radius 1 is 0.889 bits per heavy atom. The first-order chi connectivity index (χ1) is 13.1. The van der Waals surface area contributed by atoms with Gasteiger partial charge in [0.1, 0.15) is 13.2 Å². The summed E-state index contributed by atoms with van der Waals surface area (Å²) in [5.74, 6) is 5.29. The second kappa shape index (κ2) is 8.82. The maximum absolute atomic E-state index is 12.1. The molecule has 3 aromatic carbocycles. The van der Waals surface area contributed by atoms with Crippen LogP contribution in [0.2, 0.25) is 0 Å². The molecule has 6 heteroatoms. The van der Waals surface area contributed by atoms with E-state index in [0.717, 1.165) is 26.9 Å². The van der Waals surface area contributed by atoms with Crippen LogP contribution >= 0.6 is 0 Å². The van der Waals surface area contributed by atoms with E-state index in [1.54, 1.807) is 0 Å². The minimum absolute atomic E-state index is 0.166. The number of rotatable bonds is 6. The van der Waals surface area contributed by atoms with E-state index in [1.807, 2.05) is 72.8 Å². The van der Waals surface area contributed by atoms with Crippen molar-refractivity contribution >= 4 is 22.8 Å². The van der Waals surface area contributed by atoms with Gasteiger partial charge in [-0.25, -0.2) is 10.6 Å². The Labute approximate surface area is 157 Å². The van der Waals surface area contributed by atoms with Gasteiger partial charge >= 0.3 is 12.0 Å². The zero-order chi connectivity index (χ0) is 19.1. The molecule has 0 aliphatic heterocycles. The first-order valence-corrected chi connectivity index (χ1v) is 8.59. The Morgan fingerprint density at radius 2 is 1.59 bits per heavy atom. The van der Waals surface area contributed by atoms with Crippen molar-refractivity contribution in [3.63, 3.8) is 0 Å². The van der Waals surface area contributed by atoms with Crippen molar-refractivity contribution in [3.8, 4) is 0 Å². The standard InChI is InChI=1S/C21H21N3O3/c22-24(14-17-10-11-18-8-4-5-9-19(18)12-17)21(26)23-13-20(25)27-15-16-6-2-1-3-7-16/h1-12H,13-15,22H2,(H,23,26). The van der Waals surface area contributed by atoms with Gasteiger partial charge in [0.15, 0.2) is 0 Å². The van der Waals surface area contributed by atoms with Crippen LogP contribution < -0.4 is 11.2 Å². The number of carbonyl (C=O) groups excluding carboxylic acids is 2. The molecule has 2 amide bonds. The summed E-state index contributed by atoms with van der Waals surface area (Å²) in [6.45, 7) is 0.159. The fraction of sp³-hybridized carbons (Fsp3) is 0.143. The van der Waals surface area contributed by atoms with Gasteiger partial charge in [-0.1, -0.05) is 66.7 Å². The minimum Gasteiger partial charge on any atom is -0.460 e. The Kier molecular flexibility index (Phi) is 6.02. The van der Waals surface area contributed by atoms with E-state index in [0.29, 0.717) is 0 Å². The molecule has 6 nitrogen and oxygen atoms in total. The van der Waals surface area contributed by atoms with Crippen LogP contribution in [0.3, 0.4) is 0 Å². The fourth-order valence-corrected chi connectivity index (χ4v) is 2.64. The highest BCUT2D eigenvalue weighted by atomic mass is 16.5. The van der Waals surface area contributed by atoms with Crippen LogP contribution in [0.1, 0.15) is 11.1 Å². The average molecular weight is 363 g/mol. The van der Waals surface area contributed by atoms with E-state index in [1.165, 1.54) is 0 Å². The van der Waals surface area contributed by atoms with Gasteiger partial charge in [0.25, 0.3) is 0 Å². The fourth-order valence-electron chi connectivity index (χ4n) is 2.64. The lowest BCUT2D eigenvalue weighted by Crippen LogP contribution is -2.45. The summed E-state index contributed by atoms with van der Waals surface area (Å²) in [5.41, 5.74) is 1.78. The lowest BCUT2D eigenvalue weighted by Gasteiger charge is -2.17. The summed E-state index contributed by atoms with van der Waals surface area (Å²) in [7, 11) is 0. The maximum atomic E-state index is 12.1. The zero-order valence-corrected chi connectivity index (χ0v) is 14.8. The number of ether oxygens (including phenoxy) is 1. The molecule has 3 N–H and O–H groups in total. The monoisotopic (exact) mass is 363 g/mol. The Balaban J connectivity index is 1.46. The summed E-state index contributed by atoms with van der Waals surface area (Å²) in [6, 6.07) is 22.6. The number of nitrogens with zero attached hydrogens (tertiary/aromatic N) is 1. The van der Waals surface area contributed by atoms with E-state index in [4.69, 9.17) is 10.6 Å². The van der Waals surface area contributed by atoms with Gasteiger partial charge in [-0.3, -0.25) is 9.80 Å². The number of carbonyl (C=O) groups is 2. The zero-order valence-electron chi connectivity index (χ0n) is 14.8. The summed E-state index contributed by atoms with van der Waals surface area (Å²) in [6.07, 6.45) is 0. The summed E-state index contributed by atoms with van der Waals surface area (Å²) < 4.78 is 5.11. The number of hydrogen-bond acceptors (Lipinski definition) is 4. The van der Waals surface area contributed by atoms with E-state index in [-0.39, 0.29) is 19.7 Å². The van der Waals surface area contributed by atoms with Crippen LogP contribution in [0.25, 0.3) is 10.8 Å². The van der Waals surface area contributed by atoms with Gasteiger partial charge in [0.05, 0.1) is 6.54 Å². The molecule has 0 fully saturated rings. The number of fused-ring (bicyclic) bond motifs is 1. The molecule has 27 heavy (non-hydrogen) atoms. The molecule has 0 saturated heterocycles. The predicted octanol–water partition coefficient (Wildman–Crippen LogP) is 2.97. The van der Waals surface area contributed by atoms with Crippen molar-refractivity contribution in [1.82, 2.24) is 10.3 Å². The Bertz CT molecular complexity index is 928. The summed E-state index contributed by atoms with van der Waals surface area (Å²) in [5, 5.41) is 5.70. The average Bonchev–Trinajstić information content (AvgIpc) is 2.71. The Hall–Kier alpha value is -3.38. The number of nitrogens with two attached hydrogens (primary N) is 1. The van der Waals surface area contributed by atoms with Gasteiger partial charge in [-0.15, -0.1) is 0 Å².